The second-order valence-electron chi connectivity index (χ2n) is 9.70. The molecule has 2 aliphatic carbocycles. The van der Waals surface area contributed by atoms with Gasteiger partial charge in [0.15, 0.2) is 0 Å². The average Bonchev–Trinajstić information content (AvgIpc) is 3.58. The van der Waals surface area contributed by atoms with Gasteiger partial charge >= 0.3 is 0 Å². The Labute approximate surface area is 200 Å². The highest BCUT2D eigenvalue weighted by atomic mass is 15.0. The first-order chi connectivity index (χ1) is 17.3. The highest BCUT2D eigenvalue weighted by Gasteiger charge is 2.28. The normalized spacial score (nSPS) is 13.5. The molecule has 0 amide bonds. The second-order valence-corrected chi connectivity index (χ2v) is 9.70. The second kappa shape index (κ2) is 6.10. The summed E-state index contributed by atoms with van der Waals surface area (Å²) < 4.78 is 2.34. The fourth-order valence-electron chi connectivity index (χ4n) is 6.47. The molecule has 4 heteroatoms. The number of fused-ring (bicyclic) bond motifs is 15. The number of hydrogen-bond acceptors (Lipinski definition) is 3. The van der Waals surface area contributed by atoms with E-state index in [-0.39, 0.29) is 0 Å². The van der Waals surface area contributed by atoms with Crippen molar-refractivity contribution in [1.82, 2.24) is 19.4 Å². The van der Waals surface area contributed by atoms with Crippen LogP contribution in [0, 0.1) is 0 Å². The summed E-state index contributed by atoms with van der Waals surface area (Å²) in [7, 11) is 0. The van der Waals surface area contributed by atoms with Gasteiger partial charge in [-0.3, -0.25) is 14.4 Å². The molecule has 7 aromatic rings. The lowest BCUT2D eigenvalue weighted by molar-refractivity contribution is 1.20. The van der Waals surface area contributed by atoms with Gasteiger partial charge in [-0.2, -0.15) is 0 Å². The fraction of sp³-hybridized carbons (Fsp3) is 0.0645. The standard InChI is InChI=1S/C31H18N4/c1-2-5-20-17(4-1)12-18-13-19-14-25-21(24(19)15-23(18)20)7-8-27-30(25)35-28-9-11-32-16-26(28)29-22(31(35)34-27)6-3-10-33-29/h1-11,13,15-16H,12,14H2. The molecular weight excluding hydrogens is 428 g/mol. The smallest absolute Gasteiger partial charge is 0.147 e. The molecular formula is C31H18N4. The molecule has 0 saturated carbocycles. The van der Waals surface area contributed by atoms with Crippen LogP contribution in [-0.2, 0) is 12.8 Å². The molecule has 4 heterocycles. The molecule has 0 unspecified atom stereocenters. The summed E-state index contributed by atoms with van der Waals surface area (Å²) in [5.74, 6) is 0. The molecule has 3 aromatic carbocycles. The number of imidazole rings is 1. The quantitative estimate of drug-likeness (QED) is 0.243. The molecule has 2 aliphatic rings. The third kappa shape index (κ3) is 2.15. The van der Waals surface area contributed by atoms with Crippen LogP contribution < -0.4 is 0 Å². The van der Waals surface area contributed by atoms with Gasteiger partial charge in [-0.15, -0.1) is 0 Å². The van der Waals surface area contributed by atoms with E-state index in [9.17, 15) is 0 Å². The van der Waals surface area contributed by atoms with E-state index in [2.05, 4.69) is 70.0 Å². The molecule has 0 saturated heterocycles. The summed E-state index contributed by atoms with van der Waals surface area (Å²) in [4.78, 5) is 14.2. The largest absolute Gasteiger partial charge is 0.291 e. The van der Waals surface area contributed by atoms with Crippen LogP contribution >= 0.6 is 0 Å². The predicted octanol–water partition coefficient (Wildman–Crippen LogP) is 6.73. The monoisotopic (exact) mass is 446 g/mol. The number of aromatic nitrogens is 4. The van der Waals surface area contributed by atoms with Gasteiger partial charge in [0.05, 0.1) is 22.1 Å². The summed E-state index contributed by atoms with van der Waals surface area (Å²) in [6.45, 7) is 0. The maximum atomic E-state index is 5.13. The van der Waals surface area contributed by atoms with E-state index in [1.807, 2.05) is 24.7 Å². The number of pyridine rings is 3. The first kappa shape index (κ1) is 17.8. The molecule has 0 radical (unpaired) electrons. The van der Waals surface area contributed by atoms with Crippen molar-refractivity contribution >= 4 is 38.5 Å². The topological polar surface area (TPSA) is 43.1 Å². The van der Waals surface area contributed by atoms with Gasteiger partial charge in [-0.1, -0.05) is 36.4 Å². The van der Waals surface area contributed by atoms with Crippen LogP contribution in [0.1, 0.15) is 22.3 Å². The maximum absolute atomic E-state index is 5.13. The van der Waals surface area contributed by atoms with Crippen molar-refractivity contribution in [1.29, 1.82) is 0 Å². The molecule has 4 nitrogen and oxygen atoms in total. The Bertz CT molecular complexity index is 2070. The average molecular weight is 447 g/mol. The van der Waals surface area contributed by atoms with Crippen LogP contribution in [0.3, 0.4) is 0 Å². The summed E-state index contributed by atoms with van der Waals surface area (Å²) in [5, 5.41) is 2.11. The van der Waals surface area contributed by atoms with Gasteiger partial charge in [-0.05, 0) is 81.3 Å². The van der Waals surface area contributed by atoms with Crippen LogP contribution in [0.2, 0.25) is 0 Å². The van der Waals surface area contributed by atoms with Crippen LogP contribution in [0.25, 0.3) is 60.7 Å². The van der Waals surface area contributed by atoms with E-state index >= 15 is 0 Å². The minimum absolute atomic E-state index is 0.928. The van der Waals surface area contributed by atoms with Crippen molar-refractivity contribution < 1.29 is 0 Å². The predicted molar refractivity (Wildman–Crippen MR) is 140 cm³/mol. The molecule has 0 aliphatic heterocycles. The van der Waals surface area contributed by atoms with Gasteiger partial charge in [0.1, 0.15) is 5.65 Å². The summed E-state index contributed by atoms with van der Waals surface area (Å²) in [5.41, 5.74) is 16.4. The number of benzene rings is 3. The van der Waals surface area contributed by atoms with Crippen molar-refractivity contribution in [2.75, 3.05) is 0 Å². The fourth-order valence-corrected chi connectivity index (χ4v) is 6.47. The lowest BCUT2D eigenvalue weighted by Gasteiger charge is -2.09. The van der Waals surface area contributed by atoms with Crippen LogP contribution in [0.4, 0.5) is 0 Å². The SMILES string of the molecule is c1ccc2c(c1)Cc1cc3c(cc1-2)-c1ccc2nc4c5cccnc5c5cnccc5n4c2c1C3. The first-order valence-electron chi connectivity index (χ1n) is 12.0. The zero-order valence-electron chi connectivity index (χ0n) is 18.8. The van der Waals surface area contributed by atoms with Gasteiger partial charge in [-0.25, -0.2) is 4.98 Å². The Morgan fingerprint density at radius 3 is 2.60 bits per heavy atom. The molecule has 0 fully saturated rings. The highest BCUT2D eigenvalue weighted by Crippen LogP contribution is 2.47. The number of hydrogen-bond donors (Lipinski definition) is 0. The molecule has 35 heavy (non-hydrogen) atoms. The van der Waals surface area contributed by atoms with E-state index in [0.29, 0.717) is 0 Å². The first-order valence-corrected chi connectivity index (χ1v) is 12.0. The van der Waals surface area contributed by atoms with Gasteiger partial charge < -0.3 is 0 Å². The third-order valence-corrected chi connectivity index (χ3v) is 7.94. The molecule has 0 bridgehead atoms. The van der Waals surface area contributed by atoms with Crippen LogP contribution in [0.15, 0.2) is 85.3 Å². The van der Waals surface area contributed by atoms with Crippen LogP contribution in [-0.4, -0.2) is 19.4 Å². The van der Waals surface area contributed by atoms with Crippen molar-refractivity contribution in [3.8, 4) is 22.3 Å². The summed E-state index contributed by atoms with van der Waals surface area (Å²) in [6.07, 6.45) is 7.59. The lowest BCUT2D eigenvalue weighted by Crippen LogP contribution is -1.95. The number of nitrogens with zero attached hydrogens (tertiary/aromatic N) is 4. The molecule has 4 aromatic heterocycles. The minimum Gasteiger partial charge on any atom is -0.291 e. The zero-order chi connectivity index (χ0) is 22.7. The summed E-state index contributed by atoms with van der Waals surface area (Å²) >= 11 is 0. The van der Waals surface area contributed by atoms with Crippen LogP contribution in [0.5, 0.6) is 0 Å². The molecule has 0 N–H and O–H groups in total. The Kier molecular flexibility index (Phi) is 3.11. The van der Waals surface area contributed by atoms with Gasteiger partial charge in [0, 0.05) is 35.8 Å². The van der Waals surface area contributed by atoms with Crippen molar-refractivity contribution in [3.63, 3.8) is 0 Å². The Morgan fingerprint density at radius 2 is 1.60 bits per heavy atom. The van der Waals surface area contributed by atoms with E-state index in [1.54, 1.807) is 0 Å². The minimum atomic E-state index is 0.928. The van der Waals surface area contributed by atoms with Crippen molar-refractivity contribution in [3.05, 3.63) is 108 Å². The Morgan fingerprint density at radius 1 is 0.686 bits per heavy atom. The van der Waals surface area contributed by atoms with Crippen molar-refractivity contribution in [2.45, 2.75) is 12.8 Å². The lowest BCUT2D eigenvalue weighted by atomic mass is 9.98. The van der Waals surface area contributed by atoms with Gasteiger partial charge in [0.2, 0.25) is 0 Å². The molecule has 0 spiro atoms. The summed E-state index contributed by atoms with van der Waals surface area (Å²) in [6, 6.07) is 24.3. The van der Waals surface area contributed by atoms with E-state index in [0.717, 1.165) is 45.8 Å². The Hall–Kier alpha value is -4.57. The van der Waals surface area contributed by atoms with E-state index in [1.165, 1.54) is 50.0 Å². The van der Waals surface area contributed by atoms with E-state index < -0.39 is 0 Å². The van der Waals surface area contributed by atoms with E-state index in [4.69, 9.17) is 9.97 Å². The molecule has 9 rings (SSSR count). The Balaban J connectivity index is 1.40. The molecule has 0 atom stereocenters. The number of rotatable bonds is 0. The van der Waals surface area contributed by atoms with Gasteiger partial charge in [0.25, 0.3) is 0 Å². The zero-order valence-corrected chi connectivity index (χ0v) is 18.8. The molecule has 162 valence electrons. The maximum Gasteiger partial charge on any atom is 0.147 e. The highest BCUT2D eigenvalue weighted by molar-refractivity contribution is 6.12. The third-order valence-electron chi connectivity index (χ3n) is 7.94. The van der Waals surface area contributed by atoms with Crippen molar-refractivity contribution in [2.24, 2.45) is 0 Å².